The van der Waals surface area contributed by atoms with Crippen molar-refractivity contribution < 1.29 is 9.13 Å². The summed E-state index contributed by atoms with van der Waals surface area (Å²) in [4.78, 5) is 0. The van der Waals surface area contributed by atoms with Crippen LogP contribution in [0.2, 0.25) is 0 Å². The van der Waals surface area contributed by atoms with Crippen LogP contribution in [-0.2, 0) is 5.31 Å². The molecule has 0 atom stereocenters. The molecule has 0 saturated heterocycles. The van der Waals surface area contributed by atoms with E-state index in [2.05, 4.69) is 0 Å². The van der Waals surface area contributed by atoms with Gasteiger partial charge in [-0.2, -0.15) is 0 Å². The Hall–Kier alpha value is -0.985. The Balaban J connectivity index is 3.24. The number of methoxy groups -OCH3 is 1. The van der Waals surface area contributed by atoms with Crippen LogP contribution in [0.15, 0.2) is 18.2 Å². The third kappa shape index (κ3) is 2.23. The van der Waals surface area contributed by atoms with Crippen molar-refractivity contribution in [1.82, 2.24) is 0 Å². The van der Waals surface area contributed by atoms with Crippen molar-refractivity contribution >= 4 is 7.85 Å². The summed E-state index contributed by atoms with van der Waals surface area (Å²) in [6.07, 6.45) is 0. The molecule has 0 unspecified atom stereocenters. The Morgan fingerprint density at radius 2 is 2.00 bits per heavy atom. The van der Waals surface area contributed by atoms with Crippen LogP contribution in [0.1, 0.15) is 19.4 Å². The van der Waals surface area contributed by atoms with Gasteiger partial charge in [-0.15, -0.1) is 0 Å². The SMILES string of the molecule is [B]C(C)(C)c1cc(F)ccc1OC. The van der Waals surface area contributed by atoms with Crippen LogP contribution in [0.25, 0.3) is 0 Å². The molecule has 1 rings (SSSR count). The van der Waals surface area contributed by atoms with Gasteiger partial charge in [0, 0.05) is 0 Å². The van der Waals surface area contributed by atoms with Crippen molar-refractivity contribution in [3.8, 4) is 5.75 Å². The van der Waals surface area contributed by atoms with Gasteiger partial charge in [0.2, 0.25) is 0 Å². The number of halogens is 1. The largest absolute Gasteiger partial charge is 0.496 e. The quantitative estimate of drug-likeness (QED) is 0.631. The summed E-state index contributed by atoms with van der Waals surface area (Å²) in [5.41, 5.74) is 0.676. The van der Waals surface area contributed by atoms with Gasteiger partial charge in [-0.05, 0) is 29.1 Å². The van der Waals surface area contributed by atoms with Gasteiger partial charge in [-0.3, -0.25) is 0 Å². The lowest BCUT2D eigenvalue weighted by Crippen LogP contribution is -2.18. The van der Waals surface area contributed by atoms with Crippen molar-refractivity contribution in [2.24, 2.45) is 0 Å². The first-order chi connectivity index (χ1) is 5.95. The molecule has 0 aromatic heterocycles. The highest BCUT2D eigenvalue weighted by Gasteiger charge is 2.18. The van der Waals surface area contributed by atoms with E-state index in [4.69, 9.17) is 12.6 Å². The monoisotopic (exact) mass is 178 g/mol. The van der Waals surface area contributed by atoms with Gasteiger partial charge < -0.3 is 4.74 Å². The second kappa shape index (κ2) is 3.40. The molecule has 0 heterocycles. The zero-order valence-electron chi connectivity index (χ0n) is 8.10. The second-order valence-corrected chi connectivity index (χ2v) is 3.57. The smallest absolute Gasteiger partial charge is 0.123 e. The highest BCUT2D eigenvalue weighted by Crippen LogP contribution is 2.29. The predicted octanol–water partition coefficient (Wildman–Crippen LogP) is 2.24. The molecule has 0 saturated carbocycles. The molecule has 0 aliphatic heterocycles. The van der Waals surface area contributed by atoms with Crippen molar-refractivity contribution in [3.63, 3.8) is 0 Å². The molecule has 0 aliphatic rings. The molecule has 1 aromatic carbocycles. The lowest BCUT2D eigenvalue weighted by molar-refractivity contribution is 0.403. The molecule has 0 bridgehead atoms. The summed E-state index contributed by atoms with van der Waals surface area (Å²) in [6.45, 7) is 3.62. The Bertz CT molecular complexity index is 304. The molecule has 0 spiro atoms. The van der Waals surface area contributed by atoms with Crippen LogP contribution >= 0.6 is 0 Å². The van der Waals surface area contributed by atoms with Crippen LogP contribution in [0.5, 0.6) is 5.75 Å². The summed E-state index contributed by atoms with van der Waals surface area (Å²) in [5, 5.41) is -0.590. The van der Waals surface area contributed by atoms with Crippen molar-refractivity contribution in [3.05, 3.63) is 29.6 Å². The average Bonchev–Trinajstić information content (AvgIpc) is 2.03. The predicted molar refractivity (Wildman–Crippen MR) is 51.7 cm³/mol. The maximum atomic E-state index is 12.9. The number of hydrogen-bond donors (Lipinski definition) is 0. The fourth-order valence-corrected chi connectivity index (χ4v) is 1.18. The standard InChI is InChI=1S/C10H12BFO/c1-10(2,11)8-6-7(12)4-5-9(8)13-3/h4-6H,1-3H3. The van der Waals surface area contributed by atoms with Gasteiger partial charge in [0.15, 0.2) is 0 Å². The topological polar surface area (TPSA) is 9.23 Å². The minimum atomic E-state index is -0.590. The van der Waals surface area contributed by atoms with E-state index in [9.17, 15) is 4.39 Å². The summed E-state index contributed by atoms with van der Waals surface area (Å²) < 4.78 is 18.0. The van der Waals surface area contributed by atoms with Crippen molar-refractivity contribution in [1.29, 1.82) is 0 Å². The van der Waals surface area contributed by atoms with E-state index in [0.29, 0.717) is 11.3 Å². The molecule has 0 N–H and O–H groups in total. The first-order valence-corrected chi connectivity index (χ1v) is 4.08. The van der Waals surface area contributed by atoms with Crippen molar-refractivity contribution in [2.45, 2.75) is 19.2 Å². The van der Waals surface area contributed by atoms with E-state index in [-0.39, 0.29) is 5.82 Å². The zero-order valence-corrected chi connectivity index (χ0v) is 8.10. The molecular formula is C10H12BFO. The third-order valence-electron chi connectivity index (χ3n) is 1.86. The molecule has 13 heavy (non-hydrogen) atoms. The minimum absolute atomic E-state index is 0.297. The maximum absolute atomic E-state index is 12.9. The van der Waals surface area contributed by atoms with E-state index in [1.807, 2.05) is 13.8 Å². The summed E-state index contributed by atoms with van der Waals surface area (Å²) in [6, 6.07) is 4.34. The molecule has 0 amide bonds. The molecule has 1 nitrogen and oxygen atoms in total. The van der Waals surface area contributed by atoms with Crippen LogP contribution in [0.4, 0.5) is 4.39 Å². The Morgan fingerprint density at radius 1 is 1.38 bits per heavy atom. The maximum Gasteiger partial charge on any atom is 0.123 e. The number of ether oxygens (including phenoxy) is 1. The van der Waals surface area contributed by atoms with E-state index >= 15 is 0 Å². The number of hydrogen-bond acceptors (Lipinski definition) is 1. The number of rotatable bonds is 2. The summed E-state index contributed by atoms with van der Waals surface area (Å²) in [5.74, 6) is 0.322. The summed E-state index contributed by atoms with van der Waals surface area (Å²) >= 11 is 0. The van der Waals surface area contributed by atoms with Crippen LogP contribution < -0.4 is 4.74 Å². The molecular weight excluding hydrogens is 166 g/mol. The molecule has 0 aliphatic carbocycles. The van der Waals surface area contributed by atoms with Crippen LogP contribution in [-0.4, -0.2) is 15.0 Å². The normalized spacial score (nSPS) is 11.4. The van der Waals surface area contributed by atoms with Gasteiger partial charge in [0.05, 0.1) is 15.0 Å². The molecule has 68 valence electrons. The van der Waals surface area contributed by atoms with Gasteiger partial charge >= 0.3 is 0 Å². The van der Waals surface area contributed by atoms with Crippen molar-refractivity contribution in [2.75, 3.05) is 7.11 Å². The highest BCUT2D eigenvalue weighted by atomic mass is 19.1. The fourth-order valence-electron chi connectivity index (χ4n) is 1.18. The Labute approximate surface area is 79.3 Å². The van der Waals surface area contributed by atoms with E-state index in [0.717, 1.165) is 0 Å². The minimum Gasteiger partial charge on any atom is -0.496 e. The Morgan fingerprint density at radius 3 is 2.46 bits per heavy atom. The van der Waals surface area contributed by atoms with Gasteiger partial charge in [0.25, 0.3) is 0 Å². The average molecular weight is 178 g/mol. The fraction of sp³-hybridized carbons (Fsp3) is 0.400. The van der Waals surface area contributed by atoms with E-state index in [1.165, 1.54) is 12.1 Å². The van der Waals surface area contributed by atoms with E-state index < -0.39 is 5.31 Å². The molecule has 2 radical (unpaired) electrons. The third-order valence-corrected chi connectivity index (χ3v) is 1.86. The lowest BCUT2D eigenvalue weighted by Gasteiger charge is -2.22. The first kappa shape index (κ1) is 10.1. The lowest BCUT2D eigenvalue weighted by atomic mass is 9.67. The molecule has 3 heteroatoms. The van der Waals surface area contributed by atoms with Crippen LogP contribution in [0, 0.1) is 5.82 Å². The zero-order chi connectivity index (χ0) is 10.1. The van der Waals surface area contributed by atoms with E-state index in [1.54, 1.807) is 13.2 Å². The molecule has 0 fully saturated rings. The van der Waals surface area contributed by atoms with Gasteiger partial charge in [-0.1, -0.05) is 13.8 Å². The Kier molecular flexibility index (Phi) is 2.64. The van der Waals surface area contributed by atoms with Crippen LogP contribution in [0.3, 0.4) is 0 Å². The highest BCUT2D eigenvalue weighted by molar-refractivity contribution is 6.15. The number of benzene rings is 1. The first-order valence-electron chi connectivity index (χ1n) is 4.08. The summed E-state index contributed by atoms with van der Waals surface area (Å²) in [7, 11) is 7.40. The molecule has 1 aromatic rings. The second-order valence-electron chi connectivity index (χ2n) is 3.57. The van der Waals surface area contributed by atoms with Gasteiger partial charge in [0.1, 0.15) is 11.6 Å². The van der Waals surface area contributed by atoms with Gasteiger partial charge in [-0.25, -0.2) is 4.39 Å².